The Morgan fingerprint density at radius 2 is 2.44 bits per heavy atom. The van der Waals surface area contributed by atoms with Gasteiger partial charge in [0, 0.05) is 26.1 Å². The number of alkyl halides is 1. The Balaban J connectivity index is 1.75. The van der Waals surface area contributed by atoms with Crippen molar-refractivity contribution in [1.29, 1.82) is 0 Å². The molecule has 1 aliphatic rings. The molecule has 0 aromatic carbocycles. The molecule has 1 saturated heterocycles. The molecular weight excluding hydrogens is 255 g/mol. The quantitative estimate of drug-likeness (QED) is 0.740. The van der Waals surface area contributed by atoms with E-state index in [0.29, 0.717) is 17.2 Å². The van der Waals surface area contributed by atoms with Crippen molar-refractivity contribution in [1.82, 2.24) is 9.88 Å². The van der Waals surface area contributed by atoms with E-state index >= 15 is 0 Å². The maximum Gasteiger partial charge on any atom is 0.349 e. The van der Waals surface area contributed by atoms with Crippen LogP contribution in [0.2, 0.25) is 0 Å². The molecule has 1 aromatic rings. The van der Waals surface area contributed by atoms with E-state index in [-0.39, 0.29) is 12.6 Å². The number of halogens is 1. The molecule has 0 atom stereocenters. The summed E-state index contributed by atoms with van der Waals surface area (Å²) in [5.74, 6) is 0.262. The van der Waals surface area contributed by atoms with Crippen LogP contribution in [0.4, 0.5) is 4.39 Å². The lowest BCUT2D eigenvalue weighted by Crippen LogP contribution is -2.47. The molecule has 0 saturated carbocycles. The molecule has 2 heterocycles. The number of hydrogen-bond acceptors (Lipinski definition) is 5. The van der Waals surface area contributed by atoms with E-state index in [1.807, 2.05) is 0 Å². The third kappa shape index (κ3) is 3.26. The SMILES string of the molecule is COC(=O)c1cnc(CC2CN(CCCF)C2)s1. The largest absolute Gasteiger partial charge is 0.465 e. The van der Waals surface area contributed by atoms with Crippen LogP contribution in [-0.2, 0) is 11.2 Å². The van der Waals surface area contributed by atoms with Crippen LogP contribution >= 0.6 is 11.3 Å². The fourth-order valence-corrected chi connectivity index (χ4v) is 3.07. The normalized spacial score (nSPS) is 16.6. The Morgan fingerprint density at radius 1 is 1.67 bits per heavy atom. The number of likely N-dealkylation sites (tertiary alicyclic amines) is 1. The molecule has 0 aliphatic carbocycles. The molecule has 0 bridgehead atoms. The molecule has 0 N–H and O–H groups in total. The van der Waals surface area contributed by atoms with E-state index in [0.717, 1.165) is 31.1 Å². The van der Waals surface area contributed by atoms with E-state index in [2.05, 4.69) is 14.6 Å². The van der Waals surface area contributed by atoms with Crippen LogP contribution in [0, 0.1) is 5.92 Å². The average Bonchev–Trinajstić information content (AvgIpc) is 2.79. The number of aromatic nitrogens is 1. The third-order valence-corrected chi connectivity index (χ3v) is 4.04. The summed E-state index contributed by atoms with van der Waals surface area (Å²) in [5.41, 5.74) is 0. The zero-order valence-electron chi connectivity index (χ0n) is 10.4. The Morgan fingerprint density at radius 3 is 3.11 bits per heavy atom. The smallest absolute Gasteiger partial charge is 0.349 e. The summed E-state index contributed by atoms with van der Waals surface area (Å²) in [6.45, 7) is 2.62. The van der Waals surface area contributed by atoms with Crippen LogP contribution in [0.3, 0.4) is 0 Å². The molecule has 0 amide bonds. The van der Waals surface area contributed by atoms with Crippen molar-refractivity contribution in [2.75, 3.05) is 33.4 Å². The summed E-state index contributed by atoms with van der Waals surface area (Å²) in [5, 5.41) is 0.977. The van der Waals surface area contributed by atoms with Gasteiger partial charge in [-0.25, -0.2) is 9.78 Å². The third-order valence-electron chi connectivity index (χ3n) is 3.04. The average molecular weight is 272 g/mol. The van der Waals surface area contributed by atoms with E-state index < -0.39 is 0 Å². The summed E-state index contributed by atoms with van der Waals surface area (Å²) in [6.07, 6.45) is 3.09. The molecule has 0 spiro atoms. The predicted octanol–water partition coefficient (Wildman–Crippen LogP) is 1.76. The maximum absolute atomic E-state index is 12.0. The van der Waals surface area contributed by atoms with Crippen LogP contribution in [0.15, 0.2) is 6.20 Å². The lowest BCUT2D eigenvalue weighted by Gasteiger charge is -2.38. The Labute approximate surface area is 110 Å². The highest BCUT2D eigenvalue weighted by Crippen LogP contribution is 2.23. The molecule has 0 radical (unpaired) electrons. The predicted molar refractivity (Wildman–Crippen MR) is 67.7 cm³/mol. The summed E-state index contributed by atoms with van der Waals surface area (Å²) >= 11 is 1.40. The number of methoxy groups -OCH3 is 1. The van der Waals surface area contributed by atoms with Crippen LogP contribution in [0.5, 0.6) is 0 Å². The number of rotatable bonds is 6. The minimum atomic E-state index is -0.322. The minimum Gasteiger partial charge on any atom is -0.465 e. The number of hydrogen-bond donors (Lipinski definition) is 0. The van der Waals surface area contributed by atoms with Crippen molar-refractivity contribution >= 4 is 17.3 Å². The zero-order valence-corrected chi connectivity index (χ0v) is 11.2. The fourth-order valence-electron chi connectivity index (χ4n) is 2.12. The first-order valence-electron chi connectivity index (χ1n) is 6.04. The van der Waals surface area contributed by atoms with Gasteiger partial charge in [0.25, 0.3) is 0 Å². The van der Waals surface area contributed by atoms with Crippen LogP contribution in [0.25, 0.3) is 0 Å². The first-order chi connectivity index (χ1) is 8.72. The van der Waals surface area contributed by atoms with Gasteiger partial charge in [-0.15, -0.1) is 11.3 Å². The van der Waals surface area contributed by atoms with E-state index in [1.165, 1.54) is 18.4 Å². The standard InChI is InChI=1S/C12H17FN2O2S/c1-17-12(16)10-6-14-11(18-10)5-9-7-15(8-9)4-2-3-13/h6,9H,2-5,7-8H2,1H3. The topological polar surface area (TPSA) is 42.4 Å². The van der Waals surface area contributed by atoms with Gasteiger partial charge in [0.05, 0.1) is 25.0 Å². The van der Waals surface area contributed by atoms with Crippen molar-refractivity contribution in [2.24, 2.45) is 5.92 Å². The monoisotopic (exact) mass is 272 g/mol. The first kappa shape index (κ1) is 13.4. The highest BCUT2D eigenvalue weighted by atomic mass is 32.1. The van der Waals surface area contributed by atoms with Crippen molar-refractivity contribution in [2.45, 2.75) is 12.8 Å². The van der Waals surface area contributed by atoms with Gasteiger partial charge in [0.2, 0.25) is 0 Å². The van der Waals surface area contributed by atoms with Gasteiger partial charge >= 0.3 is 5.97 Å². The molecule has 1 fully saturated rings. The number of thiazole rings is 1. The van der Waals surface area contributed by atoms with Gasteiger partial charge in [0.1, 0.15) is 4.88 Å². The van der Waals surface area contributed by atoms with Gasteiger partial charge in [-0.1, -0.05) is 0 Å². The molecule has 2 rings (SSSR count). The summed E-state index contributed by atoms with van der Waals surface area (Å²) < 4.78 is 16.6. The van der Waals surface area contributed by atoms with Gasteiger partial charge in [-0.3, -0.25) is 4.39 Å². The van der Waals surface area contributed by atoms with Crippen LogP contribution in [-0.4, -0.2) is 49.3 Å². The Bertz CT molecular complexity index is 405. The lowest BCUT2D eigenvalue weighted by atomic mass is 9.96. The second-order valence-corrected chi connectivity index (χ2v) is 5.60. The number of esters is 1. The van der Waals surface area contributed by atoms with Crippen molar-refractivity contribution in [3.63, 3.8) is 0 Å². The van der Waals surface area contributed by atoms with E-state index in [4.69, 9.17) is 0 Å². The second kappa shape index (κ2) is 6.24. The van der Waals surface area contributed by atoms with Gasteiger partial charge in [-0.05, 0) is 12.3 Å². The molecule has 1 aliphatic heterocycles. The highest BCUT2D eigenvalue weighted by molar-refractivity contribution is 7.13. The number of carbonyl (C=O) groups excluding carboxylic acids is 1. The number of ether oxygens (including phenoxy) is 1. The van der Waals surface area contributed by atoms with Gasteiger partial charge in [0.15, 0.2) is 0 Å². The molecular formula is C12H17FN2O2S. The summed E-state index contributed by atoms with van der Waals surface area (Å²) in [7, 11) is 1.37. The number of nitrogens with zero attached hydrogens (tertiary/aromatic N) is 2. The Hall–Kier alpha value is -1.01. The molecule has 100 valence electrons. The van der Waals surface area contributed by atoms with Crippen molar-refractivity contribution < 1.29 is 13.9 Å². The highest BCUT2D eigenvalue weighted by Gasteiger charge is 2.27. The zero-order chi connectivity index (χ0) is 13.0. The molecule has 6 heteroatoms. The number of carbonyl (C=O) groups is 1. The van der Waals surface area contributed by atoms with E-state index in [9.17, 15) is 9.18 Å². The van der Waals surface area contributed by atoms with Gasteiger partial charge in [-0.2, -0.15) is 0 Å². The summed E-state index contributed by atoms with van der Waals surface area (Å²) in [4.78, 5) is 18.3. The fraction of sp³-hybridized carbons (Fsp3) is 0.667. The molecule has 0 unspecified atom stereocenters. The lowest BCUT2D eigenvalue weighted by molar-refractivity contribution is 0.0606. The van der Waals surface area contributed by atoms with Crippen LogP contribution < -0.4 is 0 Å². The summed E-state index contributed by atoms with van der Waals surface area (Å²) in [6, 6.07) is 0. The first-order valence-corrected chi connectivity index (χ1v) is 6.86. The molecule has 1 aromatic heterocycles. The van der Waals surface area contributed by atoms with E-state index in [1.54, 1.807) is 6.20 Å². The molecule has 4 nitrogen and oxygen atoms in total. The van der Waals surface area contributed by atoms with Crippen molar-refractivity contribution in [3.05, 3.63) is 16.1 Å². The second-order valence-electron chi connectivity index (χ2n) is 4.48. The Kier molecular flexibility index (Phi) is 4.66. The van der Waals surface area contributed by atoms with Crippen LogP contribution in [0.1, 0.15) is 21.1 Å². The van der Waals surface area contributed by atoms with Crippen molar-refractivity contribution in [3.8, 4) is 0 Å². The maximum atomic E-state index is 12.0. The van der Waals surface area contributed by atoms with Gasteiger partial charge < -0.3 is 9.64 Å². The minimum absolute atomic E-state index is 0.240. The molecule has 18 heavy (non-hydrogen) atoms.